The lowest BCUT2D eigenvalue weighted by molar-refractivity contribution is -0.179. The van der Waals surface area contributed by atoms with Crippen molar-refractivity contribution in [2.24, 2.45) is 7.05 Å². The van der Waals surface area contributed by atoms with Gasteiger partial charge in [-0.2, -0.15) is 4.31 Å². The van der Waals surface area contributed by atoms with E-state index >= 15 is 0 Å². The summed E-state index contributed by atoms with van der Waals surface area (Å²) >= 11 is 0. The molecule has 8 nitrogen and oxygen atoms in total. The van der Waals surface area contributed by atoms with Crippen LogP contribution in [0.4, 0.5) is 0 Å². The first-order valence-electron chi connectivity index (χ1n) is 11.0. The third-order valence-electron chi connectivity index (χ3n) is 6.93. The second-order valence-corrected chi connectivity index (χ2v) is 10.5. The second kappa shape index (κ2) is 8.26. The van der Waals surface area contributed by atoms with Crippen LogP contribution in [-0.4, -0.2) is 73.3 Å². The highest BCUT2D eigenvalue weighted by atomic mass is 32.2. The molecule has 0 bridgehead atoms. The molecular weight excluding hydrogens is 406 g/mol. The Morgan fingerprint density at radius 1 is 0.900 bits per heavy atom. The molecule has 0 unspecified atom stereocenters. The fourth-order valence-corrected chi connectivity index (χ4v) is 6.82. The first-order valence-corrected chi connectivity index (χ1v) is 12.4. The van der Waals surface area contributed by atoms with Crippen molar-refractivity contribution >= 4 is 15.9 Å². The first-order chi connectivity index (χ1) is 14.3. The number of nitrogens with zero attached hydrogens (tertiary/aromatic N) is 3. The summed E-state index contributed by atoms with van der Waals surface area (Å²) in [7, 11) is -1.98. The molecule has 3 fully saturated rings. The zero-order chi connectivity index (χ0) is 21.5. The third-order valence-corrected chi connectivity index (χ3v) is 8.99. The Kier molecular flexibility index (Phi) is 6.00. The number of hydrogen-bond acceptors (Lipinski definition) is 5. The fourth-order valence-electron chi connectivity index (χ4n) is 4.90. The van der Waals surface area contributed by atoms with E-state index in [0.717, 1.165) is 25.7 Å². The Morgan fingerprint density at radius 2 is 1.47 bits per heavy atom. The van der Waals surface area contributed by atoms with Gasteiger partial charge in [-0.15, -0.1) is 0 Å². The van der Waals surface area contributed by atoms with Gasteiger partial charge in [0, 0.05) is 57.5 Å². The minimum absolute atomic E-state index is 0.160. The Balaban J connectivity index is 1.66. The van der Waals surface area contributed by atoms with E-state index in [1.807, 2.05) is 23.4 Å². The number of likely N-dealkylation sites (tertiary alicyclic amines) is 1. The summed E-state index contributed by atoms with van der Waals surface area (Å²) in [6.07, 6.45) is 5.17. The maximum absolute atomic E-state index is 13.7. The van der Waals surface area contributed by atoms with Gasteiger partial charge >= 0.3 is 0 Å². The average Bonchev–Trinajstić information content (AvgIpc) is 3.13. The van der Waals surface area contributed by atoms with Crippen molar-refractivity contribution in [3.8, 4) is 0 Å². The lowest BCUT2D eigenvalue weighted by Gasteiger charge is -2.37. The van der Waals surface area contributed by atoms with Crippen LogP contribution in [0.5, 0.6) is 0 Å². The van der Waals surface area contributed by atoms with E-state index in [4.69, 9.17) is 9.47 Å². The van der Waals surface area contributed by atoms with E-state index in [1.165, 1.54) is 4.31 Å². The molecule has 4 heterocycles. The standard InChI is InChI=1S/C21H33N3O5S/c1-16-18(20(25)23-10-6-4-5-7-11-23)19(17(2)22(16)3)30(26,27)24-12-8-21(9-13-24)28-14-15-29-21/h4-15H2,1-3H3. The van der Waals surface area contributed by atoms with Crippen LogP contribution in [0, 0.1) is 13.8 Å². The highest BCUT2D eigenvalue weighted by molar-refractivity contribution is 7.89. The van der Waals surface area contributed by atoms with Crippen molar-refractivity contribution in [3.63, 3.8) is 0 Å². The van der Waals surface area contributed by atoms with Crippen molar-refractivity contribution < 1.29 is 22.7 Å². The SMILES string of the molecule is Cc1c(C(=O)N2CCCCCC2)c(S(=O)(=O)N2CCC3(CC2)OCCO3)c(C)n1C. The number of piperidine rings is 1. The fraction of sp³-hybridized carbons (Fsp3) is 0.762. The van der Waals surface area contributed by atoms with Crippen molar-refractivity contribution in [1.29, 1.82) is 0 Å². The molecule has 168 valence electrons. The number of amides is 1. The monoisotopic (exact) mass is 439 g/mol. The topological polar surface area (TPSA) is 81.1 Å². The molecule has 1 spiro atoms. The molecule has 3 aliphatic heterocycles. The zero-order valence-electron chi connectivity index (χ0n) is 18.3. The summed E-state index contributed by atoms with van der Waals surface area (Å²) in [6.45, 7) is 6.76. The van der Waals surface area contributed by atoms with Crippen molar-refractivity contribution in [2.45, 2.75) is 63.1 Å². The molecule has 1 amide bonds. The van der Waals surface area contributed by atoms with Crippen LogP contribution in [0.1, 0.15) is 60.3 Å². The van der Waals surface area contributed by atoms with Crippen LogP contribution in [-0.2, 0) is 26.5 Å². The van der Waals surface area contributed by atoms with E-state index in [9.17, 15) is 13.2 Å². The molecule has 1 aromatic rings. The number of carbonyl (C=O) groups is 1. The Hall–Kier alpha value is -1.42. The normalized spacial score (nSPS) is 23.1. The Labute approximate surface area is 179 Å². The van der Waals surface area contributed by atoms with E-state index in [0.29, 0.717) is 69.2 Å². The van der Waals surface area contributed by atoms with Crippen molar-refractivity contribution in [3.05, 3.63) is 17.0 Å². The van der Waals surface area contributed by atoms with Gasteiger partial charge in [0.15, 0.2) is 5.79 Å². The minimum Gasteiger partial charge on any atom is -0.350 e. The molecule has 0 radical (unpaired) electrons. The smallest absolute Gasteiger partial charge is 0.257 e. The molecule has 0 aliphatic carbocycles. The Bertz CT molecular complexity index is 900. The number of aromatic nitrogens is 1. The number of carbonyl (C=O) groups excluding carboxylic acids is 1. The molecule has 3 saturated heterocycles. The largest absolute Gasteiger partial charge is 0.350 e. The van der Waals surface area contributed by atoms with Crippen LogP contribution in [0.3, 0.4) is 0 Å². The molecule has 1 aromatic heterocycles. The molecule has 0 saturated carbocycles. The maximum Gasteiger partial charge on any atom is 0.257 e. The molecule has 30 heavy (non-hydrogen) atoms. The van der Waals surface area contributed by atoms with Crippen molar-refractivity contribution in [2.75, 3.05) is 39.4 Å². The molecular formula is C21H33N3O5S. The van der Waals surface area contributed by atoms with Crippen LogP contribution < -0.4 is 0 Å². The molecule has 9 heteroatoms. The molecule has 0 atom stereocenters. The highest BCUT2D eigenvalue weighted by Crippen LogP contribution is 2.36. The van der Waals surface area contributed by atoms with Gasteiger partial charge in [0.05, 0.1) is 18.8 Å². The lowest BCUT2D eigenvalue weighted by atomic mass is 10.1. The van der Waals surface area contributed by atoms with Crippen molar-refractivity contribution in [1.82, 2.24) is 13.8 Å². The van der Waals surface area contributed by atoms with Gasteiger partial charge in [-0.25, -0.2) is 8.42 Å². The van der Waals surface area contributed by atoms with Gasteiger partial charge in [-0.1, -0.05) is 12.8 Å². The molecule has 4 rings (SSSR count). The Morgan fingerprint density at radius 3 is 2.03 bits per heavy atom. The minimum atomic E-state index is -3.81. The van der Waals surface area contributed by atoms with E-state index in [2.05, 4.69) is 0 Å². The molecule has 3 aliphatic rings. The highest BCUT2D eigenvalue weighted by Gasteiger charge is 2.44. The summed E-state index contributed by atoms with van der Waals surface area (Å²) in [6, 6.07) is 0. The zero-order valence-corrected chi connectivity index (χ0v) is 19.1. The van der Waals surface area contributed by atoms with Gasteiger partial charge in [-0.3, -0.25) is 4.79 Å². The van der Waals surface area contributed by atoms with Gasteiger partial charge in [-0.05, 0) is 26.7 Å². The third kappa shape index (κ3) is 3.70. The summed E-state index contributed by atoms with van der Waals surface area (Å²) < 4.78 is 42.2. The van der Waals surface area contributed by atoms with Gasteiger partial charge in [0.25, 0.3) is 5.91 Å². The maximum atomic E-state index is 13.7. The van der Waals surface area contributed by atoms with E-state index in [-0.39, 0.29) is 10.8 Å². The summed E-state index contributed by atoms with van der Waals surface area (Å²) in [5.74, 6) is -0.800. The molecule has 0 N–H and O–H groups in total. The summed E-state index contributed by atoms with van der Waals surface area (Å²) in [5.41, 5.74) is 1.65. The van der Waals surface area contributed by atoms with E-state index in [1.54, 1.807) is 6.92 Å². The van der Waals surface area contributed by atoms with Gasteiger partial charge in [0.1, 0.15) is 4.90 Å². The number of rotatable bonds is 3. The first kappa shape index (κ1) is 21.8. The number of ether oxygens (including phenoxy) is 2. The van der Waals surface area contributed by atoms with Gasteiger partial charge < -0.3 is 18.9 Å². The summed E-state index contributed by atoms with van der Waals surface area (Å²) in [4.78, 5) is 15.5. The summed E-state index contributed by atoms with van der Waals surface area (Å²) in [5, 5.41) is 0. The van der Waals surface area contributed by atoms with Crippen LogP contribution in [0.2, 0.25) is 0 Å². The predicted octanol–water partition coefficient (Wildman–Crippen LogP) is 2.19. The number of sulfonamides is 1. The lowest BCUT2D eigenvalue weighted by Crippen LogP contribution is -2.47. The predicted molar refractivity (Wildman–Crippen MR) is 112 cm³/mol. The van der Waals surface area contributed by atoms with Crippen LogP contribution in [0.15, 0.2) is 4.90 Å². The second-order valence-electron chi connectivity index (χ2n) is 8.65. The molecule has 0 aromatic carbocycles. The van der Waals surface area contributed by atoms with Gasteiger partial charge in [0.2, 0.25) is 10.0 Å². The quantitative estimate of drug-likeness (QED) is 0.721. The van der Waals surface area contributed by atoms with E-state index < -0.39 is 15.8 Å². The average molecular weight is 440 g/mol. The number of hydrogen-bond donors (Lipinski definition) is 0. The van der Waals surface area contributed by atoms with Crippen LogP contribution >= 0.6 is 0 Å². The van der Waals surface area contributed by atoms with Crippen LogP contribution in [0.25, 0.3) is 0 Å².